The molecule has 2 rings (SSSR count). The van der Waals surface area contributed by atoms with Gasteiger partial charge < -0.3 is 10.2 Å². The zero-order valence-corrected chi connectivity index (χ0v) is 12.3. The molecule has 1 aliphatic heterocycles. The molecular formula is C16H23N3. The first-order chi connectivity index (χ1) is 8.84. The van der Waals surface area contributed by atoms with E-state index in [0.717, 1.165) is 30.9 Å². The van der Waals surface area contributed by atoms with Gasteiger partial charge in [0.25, 0.3) is 0 Å². The highest BCUT2D eigenvalue weighted by molar-refractivity contribution is 5.53. The van der Waals surface area contributed by atoms with Gasteiger partial charge in [0.1, 0.15) is 0 Å². The summed E-state index contributed by atoms with van der Waals surface area (Å²) in [4.78, 5) is 2.42. The van der Waals surface area contributed by atoms with Gasteiger partial charge in [-0.1, -0.05) is 19.9 Å². The number of anilines is 1. The van der Waals surface area contributed by atoms with E-state index in [4.69, 9.17) is 5.26 Å². The van der Waals surface area contributed by atoms with Crippen molar-refractivity contribution in [3.63, 3.8) is 0 Å². The molecule has 0 radical (unpaired) electrons. The van der Waals surface area contributed by atoms with Crippen molar-refractivity contribution in [2.24, 2.45) is 5.41 Å². The molecule has 0 aromatic heterocycles. The molecule has 0 atom stereocenters. The Morgan fingerprint density at radius 2 is 1.95 bits per heavy atom. The smallest absolute Gasteiger partial charge is 0.0992 e. The minimum atomic E-state index is 0.0435. The third-order valence-electron chi connectivity index (χ3n) is 3.76. The molecule has 1 fully saturated rings. The lowest BCUT2D eigenvalue weighted by atomic mass is 9.91. The number of nitrogens with zero attached hydrogens (tertiary/aromatic N) is 2. The predicted octanol–water partition coefficient (Wildman–Crippen LogP) is 2.77. The number of nitriles is 1. The summed E-state index contributed by atoms with van der Waals surface area (Å²) in [6, 6.07) is 10.1. The molecule has 1 aromatic rings. The van der Waals surface area contributed by atoms with Crippen molar-refractivity contribution >= 4 is 5.69 Å². The van der Waals surface area contributed by atoms with E-state index in [2.05, 4.69) is 50.0 Å². The standard InChI is InChI=1S/C16H23N3/c1-15(2)10-18-11-16(3,4)19(12-15)14-7-5-6-13(8-14)9-17/h5-8,18H,10-12H2,1-4H3. The topological polar surface area (TPSA) is 39.1 Å². The summed E-state index contributed by atoms with van der Waals surface area (Å²) in [7, 11) is 0. The van der Waals surface area contributed by atoms with Crippen molar-refractivity contribution in [2.75, 3.05) is 24.5 Å². The molecule has 0 aliphatic carbocycles. The molecule has 0 saturated carbocycles. The van der Waals surface area contributed by atoms with Crippen LogP contribution in [0.15, 0.2) is 24.3 Å². The Hall–Kier alpha value is -1.53. The summed E-state index contributed by atoms with van der Waals surface area (Å²) in [5.41, 5.74) is 2.13. The SMILES string of the molecule is CC1(C)CNCC(C)(C)N(c2cccc(C#N)c2)C1. The quantitative estimate of drug-likeness (QED) is 0.841. The zero-order valence-electron chi connectivity index (χ0n) is 12.3. The molecule has 3 heteroatoms. The van der Waals surface area contributed by atoms with Gasteiger partial charge >= 0.3 is 0 Å². The van der Waals surface area contributed by atoms with Crippen LogP contribution in [-0.4, -0.2) is 25.2 Å². The Labute approximate surface area is 116 Å². The molecule has 0 bridgehead atoms. The van der Waals surface area contributed by atoms with Crippen LogP contribution in [0.2, 0.25) is 0 Å². The molecule has 0 unspecified atom stereocenters. The van der Waals surface area contributed by atoms with Crippen LogP contribution in [0.4, 0.5) is 5.69 Å². The normalized spacial score (nSPS) is 21.5. The second-order valence-corrected chi connectivity index (χ2v) is 6.83. The van der Waals surface area contributed by atoms with Gasteiger partial charge in [0.05, 0.1) is 11.6 Å². The highest BCUT2D eigenvalue weighted by Gasteiger charge is 2.35. The molecule has 1 aliphatic rings. The summed E-state index contributed by atoms with van der Waals surface area (Å²) in [6.07, 6.45) is 0. The van der Waals surface area contributed by atoms with Crippen molar-refractivity contribution in [1.82, 2.24) is 5.32 Å². The van der Waals surface area contributed by atoms with Crippen molar-refractivity contribution < 1.29 is 0 Å². The fourth-order valence-corrected chi connectivity index (χ4v) is 2.68. The van der Waals surface area contributed by atoms with Crippen LogP contribution in [0.1, 0.15) is 33.3 Å². The Balaban J connectivity index is 2.40. The minimum absolute atomic E-state index is 0.0435. The average Bonchev–Trinajstić information content (AvgIpc) is 2.45. The first-order valence-electron chi connectivity index (χ1n) is 6.83. The van der Waals surface area contributed by atoms with E-state index in [1.54, 1.807) is 0 Å². The van der Waals surface area contributed by atoms with E-state index in [1.807, 2.05) is 18.2 Å². The lowest BCUT2D eigenvalue weighted by molar-refractivity contribution is 0.365. The number of hydrogen-bond donors (Lipinski definition) is 1. The lowest BCUT2D eigenvalue weighted by Gasteiger charge is -2.41. The van der Waals surface area contributed by atoms with Gasteiger partial charge in [0.2, 0.25) is 0 Å². The maximum absolute atomic E-state index is 9.07. The molecule has 19 heavy (non-hydrogen) atoms. The molecule has 0 amide bonds. The number of nitrogens with one attached hydrogen (secondary N) is 1. The second kappa shape index (κ2) is 4.86. The van der Waals surface area contributed by atoms with Gasteiger partial charge in [-0.15, -0.1) is 0 Å². The van der Waals surface area contributed by atoms with Gasteiger partial charge in [-0.05, 0) is 37.5 Å². The molecular weight excluding hydrogens is 234 g/mol. The lowest BCUT2D eigenvalue weighted by Crippen LogP contribution is -2.49. The first-order valence-corrected chi connectivity index (χ1v) is 6.83. The Morgan fingerprint density at radius 3 is 2.63 bits per heavy atom. The van der Waals surface area contributed by atoms with Crippen molar-refractivity contribution in [2.45, 2.75) is 33.2 Å². The molecule has 102 valence electrons. The number of rotatable bonds is 1. The summed E-state index contributed by atoms with van der Waals surface area (Å²) >= 11 is 0. The van der Waals surface area contributed by atoms with Crippen LogP contribution >= 0.6 is 0 Å². The summed E-state index contributed by atoms with van der Waals surface area (Å²) in [6.45, 7) is 12.0. The van der Waals surface area contributed by atoms with Crippen LogP contribution in [0.3, 0.4) is 0 Å². The van der Waals surface area contributed by atoms with E-state index in [1.165, 1.54) is 0 Å². The molecule has 1 aromatic carbocycles. The molecule has 1 saturated heterocycles. The third-order valence-corrected chi connectivity index (χ3v) is 3.76. The van der Waals surface area contributed by atoms with Gasteiger partial charge in [-0.25, -0.2) is 0 Å². The van der Waals surface area contributed by atoms with Gasteiger partial charge in [0.15, 0.2) is 0 Å². The zero-order chi connectivity index (χ0) is 14.1. The minimum Gasteiger partial charge on any atom is -0.365 e. The highest BCUT2D eigenvalue weighted by atomic mass is 15.2. The van der Waals surface area contributed by atoms with Crippen LogP contribution in [0, 0.1) is 16.7 Å². The molecule has 1 N–H and O–H groups in total. The summed E-state index contributed by atoms with van der Waals surface area (Å²) < 4.78 is 0. The predicted molar refractivity (Wildman–Crippen MR) is 79.2 cm³/mol. The van der Waals surface area contributed by atoms with Crippen molar-refractivity contribution in [3.05, 3.63) is 29.8 Å². The summed E-state index contributed by atoms with van der Waals surface area (Å²) in [5, 5.41) is 12.6. The number of benzene rings is 1. The van der Waals surface area contributed by atoms with Crippen molar-refractivity contribution in [3.8, 4) is 6.07 Å². The van der Waals surface area contributed by atoms with Gasteiger partial charge in [-0.3, -0.25) is 0 Å². The van der Waals surface area contributed by atoms with Crippen molar-refractivity contribution in [1.29, 1.82) is 5.26 Å². The van der Waals surface area contributed by atoms with Crippen LogP contribution < -0.4 is 10.2 Å². The second-order valence-electron chi connectivity index (χ2n) is 6.83. The molecule has 1 heterocycles. The fraction of sp³-hybridized carbons (Fsp3) is 0.562. The van der Waals surface area contributed by atoms with E-state index in [9.17, 15) is 0 Å². The van der Waals surface area contributed by atoms with Crippen LogP contribution in [0.5, 0.6) is 0 Å². The Bertz CT molecular complexity index is 497. The monoisotopic (exact) mass is 257 g/mol. The first kappa shape index (κ1) is 13.9. The van der Waals surface area contributed by atoms with E-state index in [0.29, 0.717) is 0 Å². The Kier molecular flexibility index (Phi) is 3.56. The van der Waals surface area contributed by atoms with Crippen LogP contribution in [-0.2, 0) is 0 Å². The van der Waals surface area contributed by atoms with Gasteiger partial charge in [0, 0.05) is 30.9 Å². The molecule has 0 spiro atoms. The van der Waals surface area contributed by atoms with E-state index >= 15 is 0 Å². The van der Waals surface area contributed by atoms with E-state index < -0.39 is 0 Å². The fourth-order valence-electron chi connectivity index (χ4n) is 2.68. The van der Waals surface area contributed by atoms with Crippen LogP contribution in [0.25, 0.3) is 0 Å². The largest absolute Gasteiger partial charge is 0.365 e. The third kappa shape index (κ3) is 3.08. The Morgan fingerprint density at radius 1 is 1.21 bits per heavy atom. The van der Waals surface area contributed by atoms with E-state index in [-0.39, 0.29) is 11.0 Å². The maximum atomic E-state index is 9.07. The maximum Gasteiger partial charge on any atom is 0.0992 e. The molecule has 3 nitrogen and oxygen atoms in total. The van der Waals surface area contributed by atoms with Gasteiger partial charge in [-0.2, -0.15) is 5.26 Å². The highest BCUT2D eigenvalue weighted by Crippen LogP contribution is 2.31. The summed E-state index contributed by atoms with van der Waals surface area (Å²) in [5.74, 6) is 0. The number of hydrogen-bond acceptors (Lipinski definition) is 3. The average molecular weight is 257 g/mol.